The molecule has 4 rings (SSSR count). The van der Waals surface area contributed by atoms with Gasteiger partial charge in [0.05, 0.1) is 24.5 Å². The Morgan fingerprint density at radius 3 is 2.50 bits per heavy atom. The van der Waals surface area contributed by atoms with Crippen molar-refractivity contribution in [2.75, 3.05) is 13.2 Å². The number of rotatable bonds is 10. The highest BCUT2D eigenvalue weighted by Crippen LogP contribution is 2.36. The van der Waals surface area contributed by atoms with Crippen molar-refractivity contribution in [1.29, 1.82) is 0 Å². The van der Waals surface area contributed by atoms with Crippen LogP contribution in [-0.2, 0) is 4.79 Å². The number of nitrogens with zero attached hydrogens (tertiary/aromatic N) is 1. The van der Waals surface area contributed by atoms with Crippen LogP contribution in [0.2, 0.25) is 0 Å². The second-order valence-electron chi connectivity index (χ2n) is 7.95. The standard InChI is InChI=1S/C26H27NO5/c28-25(29)10-2-1-5-17-32-24-8-4-3-7-21(24)26(30)27-16-15-22(27)19-11-13-20(14-12-19)23-9-6-18-31-23/h3-4,6-9,11-14,18,22H,1-2,5,10,15-17H2,(H,28,29). The lowest BCUT2D eigenvalue weighted by molar-refractivity contribution is -0.137. The first-order chi connectivity index (χ1) is 15.6. The molecule has 0 aliphatic carbocycles. The SMILES string of the molecule is O=C(O)CCCCCOc1ccccc1C(=O)N1CCC1c1ccc(-c2ccco2)cc1. The monoisotopic (exact) mass is 433 g/mol. The number of carbonyl (C=O) groups excluding carboxylic acids is 1. The van der Waals surface area contributed by atoms with Gasteiger partial charge in [-0.2, -0.15) is 0 Å². The predicted octanol–water partition coefficient (Wildman–Crippen LogP) is 5.56. The number of ether oxygens (including phenoxy) is 1. The van der Waals surface area contributed by atoms with E-state index in [1.807, 2.05) is 47.4 Å². The summed E-state index contributed by atoms with van der Waals surface area (Å²) in [6.45, 7) is 1.18. The average Bonchev–Trinajstić information content (AvgIpc) is 3.31. The molecule has 0 saturated carbocycles. The summed E-state index contributed by atoms with van der Waals surface area (Å²) in [4.78, 5) is 25.7. The van der Waals surface area contributed by atoms with Gasteiger partial charge < -0.3 is 19.2 Å². The summed E-state index contributed by atoms with van der Waals surface area (Å²) < 4.78 is 11.3. The molecule has 32 heavy (non-hydrogen) atoms. The number of furan rings is 1. The van der Waals surface area contributed by atoms with Gasteiger partial charge in [0.2, 0.25) is 0 Å². The lowest BCUT2D eigenvalue weighted by atomic mass is 9.92. The Bertz CT molecular complexity index is 1040. The molecule has 166 valence electrons. The van der Waals surface area contributed by atoms with Crippen molar-refractivity contribution >= 4 is 11.9 Å². The second kappa shape index (κ2) is 10.2. The van der Waals surface area contributed by atoms with Crippen LogP contribution >= 0.6 is 0 Å². The molecule has 0 radical (unpaired) electrons. The van der Waals surface area contributed by atoms with Gasteiger partial charge in [0.25, 0.3) is 5.91 Å². The van der Waals surface area contributed by atoms with E-state index in [0.717, 1.165) is 36.1 Å². The summed E-state index contributed by atoms with van der Waals surface area (Å²) in [7, 11) is 0. The predicted molar refractivity (Wildman–Crippen MR) is 121 cm³/mol. The van der Waals surface area contributed by atoms with E-state index in [-0.39, 0.29) is 18.4 Å². The third kappa shape index (κ3) is 5.02. The second-order valence-corrected chi connectivity index (χ2v) is 7.95. The van der Waals surface area contributed by atoms with Crippen LogP contribution in [0.5, 0.6) is 5.75 Å². The largest absolute Gasteiger partial charge is 0.493 e. The Morgan fingerprint density at radius 1 is 1.00 bits per heavy atom. The minimum Gasteiger partial charge on any atom is -0.493 e. The molecule has 0 bridgehead atoms. The summed E-state index contributed by atoms with van der Waals surface area (Å²) in [6.07, 6.45) is 4.93. The third-order valence-corrected chi connectivity index (χ3v) is 5.79. The molecule has 2 heterocycles. The summed E-state index contributed by atoms with van der Waals surface area (Å²) in [5, 5.41) is 8.71. The first kappa shape index (κ1) is 21.7. The smallest absolute Gasteiger partial charge is 0.303 e. The lowest BCUT2D eigenvalue weighted by Gasteiger charge is -2.41. The zero-order valence-corrected chi connectivity index (χ0v) is 17.9. The molecule has 2 aromatic carbocycles. The molecule has 6 heteroatoms. The Hall–Kier alpha value is -3.54. The maximum Gasteiger partial charge on any atom is 0.303 e. The Kier molecular flexibility index (Phi) is 6.90. The van der Waals surface area contributed by atoms with E-state index in [0.29, 0.717) is 30.9 Å². The average molecular weight is 434 g/mol. The highest BCUT2D eigenvalue weighted by molar-refractivity contribution is 5.97. The van der Waals surface area contributed by atoms with Crippen molar-refractivity contribution in [2.24, 2.45) is 0 Å². The van der Waals surface area contributed by atoms with Crippen LogP contribution in [0, 0.1) is 0 Å². The maximum absolute atomic E-state index is 13.3. The van der Waals surface area contributed by atoms with E-state index in [4.69, 9.17) is 14.3 Å². The number of carboxylic acid groups (broad SMARTS) is 1. The van der Waals surface area contributed by atoms with Gasteiger partial charge in [-0.05, 0) is 55.5 Å². The fourth-order valence-electron chi connectivity index (χ4n) is 3.95. The zero-order chi connectivity index (χ0) is 22.3. The van der Waals surface area contributed by atoms with Crippen LogP contribution in [0.1, 0.15) is 54.1 Å². The van der Waals surface area contributed by atoms with Gasteiger partial charge in [0, 0.05) is 18.5 Å². The van der Waals surface area contributed by atoms with E-state index in [1.54, 1.807) is 12.3 Å². The number of benzene rings is 2. The fourth-order valence-corrected chi connectivity index (χ4v) is 3.95. The minimum absolute atomic E-state index is 0.0298. The summed E-state index contributed by atoms with van der Waals surface area (Å²) in [6, 6.07) is 19.3. The molecule has 6 nitrogen and oxygen atoms in total. The first-order valence-electron chi connectivity index (χ1n) is 11.0. The molecule has 0 spiro atoms. The van der Waals surface area contributed by atoms with Crippen LogP contribution in [0.3, 0.4) is 0 Å². The van der Waals surface area contributed by atoms with Crippen molar-refractivity contribution in [1.82, 2.24) is 4.90 Å². The summed E-state index contributed by atoms with van der Waals surface area (Å²) in [5.74, 6) is 0.598. The Labute approximate surface area is 187 Å². The quantitative estimate of drug-likeness (QED) is 0.424. The first-order valence-corrected chi connectivity index (χ1v) is 11.0. The Balaban J connectivity index is 1.37. The molecule has 1 N–H and O–H groups in total. The number of unbranched alkanes of at least 4 members (excludes halogenated alkanes) is 2. The molecule has 1 fully saturated rings. The van der Waals surface area contributed by atoms with Gasteiger partial charge in [-0.3, -0.25) is 9.59 Å². The highest BCUT2D eigenvalue weighted by atomic mass is 16.5. The van der Waals surface area contributed by atoms with Crippen LogP contribution in [0.15, 0.2) is 71.3 Å². The zero-order valence-electron chi connectivity index (χ0n) is 17.9. The number of hydrogen-bond donors (Lipinski definition) is 1. The molecule has 1 aliphatic heterocycles. The van der Waals surface area contributed by atoms with E-state index >= 15 is 0 Å². The molecule has 1 saturated heterocycles. The third-order valence-electron chi connectivity index (χ3n) is 5.79. The number of para-hydroxylation sites is 1. The molecular weight excluding hydrogens is 406 g/mol. The number of hydrogen-bond acceptors (Lipinski definition) is 4. The number of carboxylic acids is 1. The fraction of sp³-hybridized carbons (Fsp3) is 0.308. The molecule has 1 atom stereocenters. The van der Waals surface area contributed by atoms with Crippen molar-refractivity contribution < 1.29 is 23.8 Å². The molecule has 1 aromatic heterocycles. The van der Waals surface area contributed by atoms with E-state index in [2.05, 4.69) is 12.1 Å². The van der Waals surface area contributed by atoms with Crippen LogP contribution in [0.4, 0.5) is 0 Å². The molecule has 3 aromatic rings. The molecule has 1 unspecified atom stereocenters. The summed E-state index contributed by atoms with van der Waals surface area (Å²) >= 11 is 0. The van der Waals surface area contributed by atoms with Crippen LogP contribution in [0.25, 0.3) is 11.3 Å². The van der Waals surface area contributed by atoms with Crippen molar-refractivity contribution in [3.8, 4) is 17.1 Å². The minimum atomic E-state index is -0.776. The van der Waals surface area contributed by atoms with Gasteiger partial charge in [-0.1, -0.05) is 36.4 Å². The van der Waals surface area contributed by atoms with Crippen molar-refractivity contribution in [2.45, 2.75) is 38.1 Å². The number of carbonyl (C=O) groups is 2. The van der Waals surface area contributed by atoms with Crippen molar-refractivity contribution in [3.63, 3.8) is 0 Å². The van der Waals surface area contributed by atoms with Crippen molar-refractivity contribution in [3.05, 3.63) is 78.1 Å². The number of likely N-dealkylation sites (tertiary alicyclic amines) is 1. The number of aliphatic carboxylic acids is 1. The van der Waals surface area contributed by atoms with Crippen LogP contribution in [-0.4, -0.2) is 35.0 Å². The number of amides is 1. The molecule has 1 aliphatic rings. The van der Waals surface area contributed by atoms with Gasteiger partial charge in [-0.15, -0.1) is 0 Å². The highest BCUT2D eigenvalue weighted by Gasteiger charge is 2.34. The van der Waals surface area contributed by atoms with Gasteiger partial charge in [0.1, 0.15) is 11.5 Å². The summed E-state index contributed by atoms with van der Waals surface area (Å²) in [5.41, 5.74) is 2.68. The van der Waals surface area contributed by atoms with Crippen LogP contribution < -0.4 is 4.74 Å². The van der Waals surface area contributed by atoms with E-state index < -0.39 is 5.97 Å². The maximum atomic E-state index is 13.3. The molecule has 1 amide bonds. The van der Waals surface area contributed by atoms with Gasteiger partial charge in [0.15, 0.2) is 0 Å². The van der Waals surface area contributed by atoms with Gasteiger partial charge >= 0.3 is 5.97 Å². The van der Waals surface area contributed by atoms with E-state index in [1.165, 1.54) is 0 Å². The van der Waals surface area contributed by atoms with E-state index in [9.17, 15) is 9.59 Å². The lowest BCUT2D eigenvalue weighted by Crippen LogP contribution is -2.45. The molecular formula is C26H27NO5. The Morgan fingerprint density at radius 2 is 1.81 bits per heavy atom. The van der Waals surface area contributed by atoms with Gasteiger partial charge in [-0.25, -0.2) is 0 Å². The normalized spacial score (nSPS) is 15.2. The topological polar surface area (TPSA) is 80.0 Å².